The van der Waals surface area contributed by atoms with E-state index in [1.54, 1.807) is 0 Å². The molecule has 0 fully saturated rings. The second-order valence-electron chi connectivity index (χ2n) is 6.98. The van der Waals surface area contributed by atoms with Crippen molar-refractivity contribution in [2.45, 2.75) is 39.0 Å². The molecule has 0 unspecified atom stereocenters. The van der Waals surface area contributed by atoms with Crippen molar-refractivity contribution in [1.82, 2.24) is 0 Å². The fourth-order valence-corrected chi connectivity index (χ4v) is 3.12. The van der Waals surface area contributed by atoms with Gasteiger partial charge < -0.3 is 9.47 Å². The van der Waals surface area contributed by atoms with E-state index in [2.05, 4.69) is 44.2 Å². The van der Waals surface area contributed by atoms with Crippen molar-refractivity contribution in [2.24, 2.45) is 5.92 Å². The van der Waals surface area contributed by atoms with Crippen molar-refractivity contribution >= 4 is 11.9 Å². The standard InChI is InChI=1S/C23H28O4/c1-16(2)19-13-17(14-20(15-19)18-10-6-5-7-11-18)9-8-12-21(22(24)26-3)23(25)27-4/h5-7,10-11,13-16,21H,8-9,12H2,1-4H3. The van der Waals surface area contributed by atoms with Gasteiger partial charge in [0.1, 0.15) is 0 Å². The summed E-state index contributed by atoms with van der Waals surface area (Å²) in [6.07, 6.45) is 1.89. The molecule has 0 heterocycles. The number of esters is 2. The number of rotatable bonds is 8. The second-order valence-corrected chi connectivity index (χ2v) is 6.98. The van der Waals surface area contributed by atoms with Crippen molar-refractivity contribution in [3.05, 3.63) is 59.7 Å². The smallest absolute Gasteiger partial charge is 0.320 e. The van der Waals surface area contributed by atoms with Gasteiger partial charge in [0.05, 0.1) is 14.2 Å². The third-order valence-electron chi connectivity index (χ3n) is 4.72. The topological polar surface area (TPSA) is 52.6 Å². The zero-order valence-electron chi connectivity index (χ0n) is 16.5. The molecule has 0 N–H and O–H groups in total. The van der Waals surface area contributed by atoms with E-state index in [0.717, 1.165) is 6.42 Å². The molecule has 0 aliphatic carbocycles. The largest absolute Gasteiger partial charge is 0.468 e. The van der Waals surface area contributed by atoms with Crippen molar-refractivity contribution in [2.75, 3.05) is 14.2 Å². The SMILES string of the molecule is COC(=O)C(CCCc1cc(-c2ccccc2)cc(C(C)C)c1)C(=O)OC. The highest BCUT2D eigenvalue weighted by atomic mass is 16.5. The van der Waals surface area contributed by atoms with E-state index < -0.39 is 17.9 Å². The van der Waals surface area contributed by atoms with Gasteiger partial charge in [0.15, 0.2) is 5.92 Å². The van der Waals surface area contributed by atoms with Crippen LogP contribution in [-0.4, -0.2) is 26.2 Å². The lowest BCUT2D eigenvalue weighted by atomic mass is 9.92. The van der Waals surface area contributed by atoms with Crippen molar-refractivity contribution in [3.8, 4) is 11.1 Å². The van der Waals surface area contributed by atoms with Gasteiger partial charge in [-0.05, 0) is 47.4 Å². The van der Waals surface area contributed by atoms with Gasteiger partial charge in [-0.1, -0.05) is 62.4 Å². The molecule has 0 aromatic heterocycles. The minimum absolute atomic E-state index is 0.409. The maximum atomic E-state index is 11.8. The highest BCUT2D eigenvalue weighted by Crippen LogP contribution is 2.27. The summed E-state index contributed by atoms with van der Waals surface area (Å²) in [5.41, 5.74) is 4.86. The Morgan fingerprint density at radius 3 is 2.07 bits per heavy atom. The van der Waals surface area contributed by atoms with Crippen LogP contribution < -0.4 is 0 Å². The first-order valence-electron chi connectivity index (χ1n) is 9.31. The number of hydrogen-bond acceptors (Lipinski definition) is 4. The molecular weight excluding hydrogens is 340 g/mol. The van der Waals surface area contributed by atoms with Crippen LogP contribution in [0.5, 0.6) is 0 Å². The van der Waals surface area contributed by atoms with Gasteiger partial charge in [0.25, 0.3) is 0 Å². The molecule has 0 saturated heterocycles. The fraction of sp³-hybridized carbons (Fsp3) is 0.391. The highest BCUT2D eigenvalue weighted by Gasteiger charge is 2.27. The lowest BCUT2D eigenvalue weighted by Crippen LogP contribution is -2.26. The van der Waals surface area contributed by atoms with E-state index in [9.17, 15) is 9.59 Å². The number of aryl methyl sites for hydroxylation is 1. The fourth-order valence-electron chi connectivity index (χ4n) is 3.12. The number of carbonyl (C=O) groups excluding carboxylic acids is 2. The summed E-state index contributed by atoms with van der Waals surface area (Å²) in [5, 5.41) is 0. The number of benzene rings is 2. The average molecular weight is 368 g/mol. The van der Waals surface area contributed by atoms with Crippen molar-refractivity contribution in [3.63, 3.8) is 0 Å². The molecule has 0 saturated carbocycles. The van der Waals surface area contributed by atoms with Gasteiger partial charge in [-0.3, -0.25) is 9.59 Å². The molecule has 4 heteroatoms. The molecule has 2 aromatic rings. The molecule has 144 valence electrons. The lowest BCUT2D eigenvalue weighted by molar-refractivity contribution is -0.159. The van der Waals surface area contributed by atoms with Crippen LogP contribution in [0.4, 0.5) is 0 Å². The highest BCUT2D eigenvalue weighted by molar-refractivity contribution is 5.94. The Kier molecular flexibility index (Phi) is 7.59. The molecule has 0 atom stereocenters. The van der Waals surface area contributed by atoms with Gasteiger partial charge in [0, 0.05) is 0 Å². The monoisotopic (exact) mass is 368 g/mol. The first kappa shape index (κ1) is 20.7. The normalized spacial score (nSPS) is 10.9. The Balaban J connectivity index is 2.16. The Morgan fingerprint density at radius 1 is 0.889 bits per heavy atom. The third kappa shape index (κ3) is 5.68. The molecule has 0 bridgehead atoms. The predicted octanol–water partition coefficient (Wildman–Crippen LogP) is 4.76. The molecule has 0 spiro atoms. The van der Waals surface area contributed by atoms with Gasteiger partial charge >= 0.3 is 11.9 Å². The van der Waals surface area contributed by atoms with Gasteiger partial charge in [-0.25, -0.2) is 0 Å². The Labute approximate surface area is 161 Å². The molecule has 4 nitrogen and oxygen atoms in total. The first-order chi connectivity index (χ1) is 13.0. The van der Waals surface area contributed by atoms with E-state index in [4.69, 9.17) is 9.47 Å². The molecule has 2 rings (SSSR count). The van der Waals surface area contributed by atoms with Crippen molar-refractivity contribution < 1.29 is 19.1 Å². The van der Waals surface area contributed by atoms with E-state index in [1.165, 1.54) is 36.5 Å². The summed E-state index contributed by atoms with van der Waals surface area (Å²) in [7, 11) is 2.58. The van der Waals surface area contributed by atoms with E-state index in [0.29, 0.717) is 18.8 Å². The van der Waals surface area contributed by atoms with Crippen molar-refractivity contribution in [1.29, 1.82) is 0 Å². The lowest BCUT2D eigenvalue weighted by Gasteiger charge is -2.14. The predicted molar refractivity (Wildman–Crippen MR) is 106 cm³/mol. The van der Waals surface area contributed by atoms with E-state index in [1.807, 2.05) is 18.2 Å². The van der Waals surface area contributed by atoms with Crippen LogP contribution in [0.3, 0.4) is 0 Å². The number of carbonyl (C=O) groups is 2. The van der Waals surface area contributed by atoms with Crippen LogP contribution in [-0.2, 0) is 25.5 Å². The average Bonchev–Trinajstić information content (AvgIpc) is 2.70. The molecular formula is C23H28O4. The van der Waals surface area contributed by atoms with Crippen LogP contribution >= 0.6 is 0 Å². The summed E-state index contributed by atoms with van der Waals surface area (Å²) >= 11 is 0. The van der Waals surface area contributed by atoms with Crippen LogP contribution in [0.25, 0.3) is 11.1 Å². The zero-order chi connectivity index (χ0) is 19.8. The maximum Gasteiger partial charge on any atom is 0.320 e. The number of methoxy groups -OCH3 is 2. The molecule has 0 aliphatic heterocycles. The molecule has 27 heavy (non-hydrogen) atoms. The molecule has 2 aromatic carbocycles. The van der Waals surface area contributed by atoms with E-state index >= 15 is 0 Å². The Bertz CT molecular complexity index is 749. The molecule has 0 amide bonds. The summed E-state index contributed by atoms with van der Waals surface area (Å²) in [4.78, 5) is 23.6. The zero-order valence-corrected chi connectivity index (χ0v) is 16.5. The Morgan fingerprint density at radius 2 is 1.52 bits per heavy atom. The minimum atomic E-state index is -0.859. The molecule has 0 aliphatic rings. The van der Waals surface area contributed by atoms with Crippen LogP contribution in [0.1, 0.15) is 43.7 Å². The molecule has 0 radical (unpaired) electrons. The van der Waals surface area contributed by atoms with Crippen LogP contribution in [0.15, 0.2) is 48.5 Å². The van der Waals surface area contributed by atoms with Gasteiger partial charge in [0.2, 0.25) is 0 Å². The second kappa shape index (κ2) is 9.91. The van der Waals surface area contributed by atoms with Gasteiger partial charge in [-0.2, -0.15) is 0 Å². The quantitative estimate of drug-likeness (QED) is 0.498. The number of ether oxygens (including phenoxy) is 2. The maximum absolute atomic E-state index is 11.8. The summed E-state index contributed by atoms with van der Waals surface area (Å²) in [6.45, 7) is 4.36. The summed E-state index contributed by atoms with van der Waals surface area (Å²) in [6, 6.07) is 16.9. The minimum Gasteiger partial charge on any atom is -0.468 e. The van der Waals surface area contributed by atoms with Crippen LogP contribution in [0, 0.1) is 5.92 Å². The third-order valence-corrected chi connectivity index (χ3v) is 4.72. The first-order valence-corrected chi connectivity index (χ1v) is 9.31. The van der Waals surface area contributed by atoms with E-state index in [-0.39, 0.29) is 0 Å². The Hall–Kier alpha value is -2.62. The van der Waals surface area contributed by atoms with Crippen LogP contribution in [0.2, 0.25) is 0 Å². The summed E-state index contributed by atoms with van der Waals surface area (Å²) < 4.78 is 9.45. The summed E-state index contributed by atoms with van der Waals surface area (Å²) in [5.74, 6) is -1.52. The van der Waals surface area contributed by atoms with Gasteiger partial charge in [-0.15, -0.1) is 0 Å². The number of hydrogen-bond donors (Lipinski definition) is 0.